The van der Waals surface area contributed by atoms with Crippen LogP contribution in [0, 0.1) is 0 Å². The quantitative estimate of drug-likeness (QED) is 0.505. The third-order valence-corrected chi connectivity index (χ3v) is 6.70. The molecule has 1 fully saturated rings. The van der Waals surface area contributed by atoms with Crippen LogP contribution in [0.1, 0.15) is 68.8 Å². The molecule has 1 aliphatic rings. The molecule has 0 saturated carbocycles. The van der Waals surface area contributed by atoms with Crippen LogP contribution in [0.5, 0.6) is 0 Å². The highest BCUT2D eigenvalue weighted by atomic mass is 35.5. The Labute approximate surface area is 216 Å². The Hall–Kier alpha value is -2.70. The van der Waals surface area contributed by atoms with Gasteiger partial charge >= 0.3 is 0 Å². The molecule has 0 radical (unpaired) electrons. The average Bonchev–Trinajstić information content (AvgIpc) is 2.91. The summed E-state index contributed by atoms with van der Waals surface area (Å²) in [4.78, 5) is 31.4. The number of anilines is 1. The Kier molecular flexibility index (Phi) is 16.3. The molecule has 1 unspecified atom stereocenters. The summed E-state index contributed by atoms with van der Waals surface area (Å²) < 4.78 is 0. The molecule has 1 amide bonds. The number of nitrogen functional groups attached to an aromatic ring is 1. The summed E-state index contributed by atoms with van der Waals surface area (Å²) in [6.45, 7) is 12.5. The fourth-order valence-corrected chi connectivity index (χ4v) is 4.54. The van der Waals surface area contributed by atoms with Crippen LogP contribution in [0.2, 0.25) is 5.02 Å². The first-order chi connectivity index (χ1) is 16.9. The molecule has 7 heteroatoms. The number of nitrogens with two attached hydrogens (primary N) is 1. The Morgan fingerprint density at radius 1 is 1.00 bits per heavy atom. The Bertz CT molecular complexity index is 832. The van der Waals surface area contributed by atoms with Crippen LogP contribution in [0.15, 0.2) is 48.5 Å². The molecule has 1 atom stereocenters. The molecule has 3 N–H and O–H groups in total. The zero-order valence-electron chi connectivity index (χ0n) is 21.7. The van der Waals surface area contributed by atoms with E-state index in [9.17, 15) is 4.79 Å². The lowest BCUT2D eigenvalue weighted by molar-refractivity contribution is -0.0987. The van der Waals surface area contributed by atoms with Crippen molar-refractivity contribution < 1.29 is 14.4 Å². The number of piperidine rings is 1. The lowest BCUT2D eigenvalue weighted by Crippen LogP contribution is -2.55. The normalized spacial score (nSPS) is 15.0. The molecule has 0 aromatic heterocycles. The number of carbonyl (C=O) groups is 3. The van der Waals surface area contributed by atoms with Gasteiger partial charge in [-0.15, -0.1) is 0 Å². The van der Waals surface area contributed by atoms with Gasteiger partial charge in [-0.3, -0.25) is 4.79 Å². The summed E-state index contributed by atoms with van der Waals surface area (Å²) in [6.07, 6.45) is 5.49. The molecule has 2 aromatic carbocycles. The van der Waals surface area contributed by atoms with Gasteiger partial charge in [-0.05, 0) is 57.1 Å². The van der Waals surface area contributed by atoms with Crippen molar-refractivity contribution in [3.05, 3.63) is 64.7 Å². The minimum absolute atomic E-state index is 0.0109. The minimum Gasteiger partial charge on any atom is -0.398 e. The number of likely N-dealkylation sites (tertiary alicyclic amines) is 1. The molecule has 0 bridgehead atoms. The second-order valence-corrected chi connectivity index (χ2v) is 8.87. The number of nitrogens with zero attached hydrogens (tertiary/aromatic N) is 1. The van der Waals surface area contributed by atoms with Crippen LogP contribution in [-0.2, 0) is 15.0 Å². The topological polar surface area (TPSA) is 92.5 Å². The highest BCUT2D eigenvalue weighted by Crippen LogP contribution is 2.40. The summed E-state index contributed by atoms with van der Waals surface area (Å²) in [5.74, 6) is -0.195. The van der Waals surface area contributed by atoms with Gasteiger partial charge in [0.05, 0.1) is 10.6 Å². The standard InChI is InChI=1S/C22H28ClN3O.C4H10.2CH2O/c1-3-19(25-21(27)20-17(23)10-7-11-18(20)24)22(12-14-26(2)15-13-22)16-8-5-4-6-9-16;1-3-4-2;2*1-2/h4-11,19H,3,12-15,24H2,1-2H3,(H,25,27);3-4H2,1-2H3;2*1H2. The number of amides is 1. The number of rotatable bonds is 6. The summed E-state index contributed by atoms with van der Waals surface area (Å²) in [5, 5.41) is 3.66. The van der Waals surface area contributed by atoms with Crippen LogP contribution in [0.4, 0.5) is 5.69 Å². The van der Waals surface area contributed by atoms with Crippen molar-refractivity contribution in [3.63, 3.8) is 0 Å². The number of benzene rings is 2. The minimum atomic E-state index is -0.195. The maximum Gasteiger partial charge on any atom is 0.255 e. The van der Waals surface area contributed by atoms with Crippen LogP contribution < -0.4 is 11.1 Å². The van der Waals surface area contributed by atoms with Gasteiger partial charge in [0.2, 0.25) is 0 Å². The largest absolute Gasteiger partial charge is 0.398 e. The van der Waals surface area contributed by atoms with E-state index in [-0.39, 0.29) is 17.4 Å². The first kappa shape index (κ1) is 32.3. The lowest BCUT2D eigenvalue weighted by atomic mass is 9.66. The van der Waals surface area contributed by atoms with Gasteiger partial charge in [0.25, 0.3) is 5.91 Å². The van der Waals surface area contributed by atoms with Gasteiger partial charge in [0, 0.05) is 17.1 Å². The lowest BCUT2D eigenvalue weighted by Gasteiger charge is -2.46. The van der Waals surface area contributed by atoms with E-state index in [1.807, 2.05) is 19.6 Å². The van der Waals surface area contributed by atoms with E-state index in [1.165, 1.54) is 18.4 Å². The van der Waals surface area contributed by atoms with Crippen LogP contribution in [0.25, 0.3) is 0 Å². The fourth-order valence-electron chi connectivity index (χ4n) is 4.27. The zero-order valence-corrected chi connectivity index (χ0v) is 22.4. The first-order valence-corrected chi connectivity index (χ1v) is 12.4. The summed E-state index contributed by atoms with van der Waals surface area (Å²) in [5.41, 5.74) is 8.01. The van der Waals surface area contributed by atoms with E-state index in [2.05, 4.69) is 62.3 Å². The van der Waals surface area contributed by atoms with Gasteiger partial charge in [-0.2, -0.15) is 0 Å². The molecule has 1 aliphatic heterocycles. The number of hydrogen-bond acceptors (Lipinski definition) is 5. The summed E-state index contributed by atoms with van der Waals surface area (Å²) >= 11 is 6.26. The fraction of sp³-hybridized carbons (Fsp3) is 0.464. The molecule has 2 aromatic rings. The third-order valence-electron chi connectivity index (χ3n) is 6.38. The molecular formula is C28H42ClN3O3. The van der Waals surface area contributed by atoms with E-state index in [1.54, 1.807) is 18.2 Å². The molecule has 0 spiro atoms. The van der Waals surface area contributed by atoms with E-state index in [0.29, 0.717) is 16.3 Å². The van der Waals surface area contributed by atoms with Gasteiger partial charge in [0.1, 0.15) is 13.6 Å². The number of carbonyl (C=O) groups excluding carboxylic acids is 3. The summed E-state index contributed by atoms with van der Waals surface area (Å²) in [6, 6.07) is 15.8. The SMILES string of the molecule is C=O.C=O.CCC(NC(=O)c1c(N)cccc1Cl)C1(c2ccccc2)CCN(C)CC1.CCCC. The van der Waals surface area contributed by atoms with Crippen molar-refractivity contribution in [3.8, 4) is 0 Å². The maximum atomic E-state index is 13.1. The third kappa shape index (κ3) is 9.11. The van der Waals surface area contributed by atoms with Crippen molar-refractivity contribution in [2.45, 2.75) is 64.3 Å². The van der Waals surface area contributed by atoms with Crippen LogP contribution >= 0.6 is 11.6 Å². The molecule has 0 aliphatic carbocycles. The number of hydrogen-bond donors (Lipinski definition) is 2. The molecule has 35 heavy (non-hydrogen) atoms. The second kappa shape index (κ2) is 17.7. The van der Waals surface area contributed by atoms with E-state index in [0.717, 1.165) is 32.4 Å². The maximum absolute atomic E-state index is 13.1. The Morgan fingerprint density at radius 2 is 1.54 bits per heavy atom. The van der Waals surface area contributed by atoms with Gasteiger partial charge < -0.3 is 25.5 Å². The van der Waals surface area contributed by atoms with Crippen molar-refractivity contribution in [2.24, 2.45) is 0 Å². The highest BCUT2D eigenvalue weighted by molar-refractivity contribution is 6.34. The molecule has 1 saturated heterocycles. The number of nitrogens with one attached hydrogen (secondary N) is 1. The molecule has 3 rings (SSSR count). The van der Waals surface area contributed by atoms with Crippen LogP contribution in [-0.4, -0.2) is 50.6 Å². The predicted octanol–water partition coefficient (Wildman–Crippen LogP) is 5.53. The smallest absolute Gasteiger partial charge is 0.255 e. The Balaban J connectivity index is 0.00000129. The molecule has 1 heterocycles. The Morgan fingerprint density at radius 3 is 2.00 bits per heavy atom. The van der Waals surface area contributed by atoms with Crippen molar-refractivity contribution >= 4 is 36.8 Å². The van der Waals surface area contributed by atoms with E-state index < -0.39 is 0 Å². The van der Waals surface area contributed by atoms with Crippen molar-refractivity contribution in [1.82, 2.24) is 10.2 Å². The second-order valence-electron chi connectivity index (χ2n) is 8.46. The monoisotopic (exact) mass is 503 g/mol. The average molecular weight is 504 g/mol. The van der Waals surface area contributed by atoms with Gasteiger partial charge in [-0.25, -0.2) is 0 Å². The zero-order chi connectivity index (χ0) is 26.9. The highest BCUT2D eigenvalue weighted by Gasteiger charge is 2.42. The summed E-state index contributed by atoms with van der Waals surface area (Å²) in [7, 11) is 2.15. The van der Waals surface area contributed by atoms with Crippen molar-refractivity contribution in [1.29, 1.82) is 0 Å². The van der Waals surface area contributed by atoms with Gasteiger partial charge in [0.15, 0.2) is 0 Å². The van der Waals surface area contributed by atoms with Gasteiger partial charge in [-0.1, -0.05) is 81.6 Å². The number of halogens is 1. The molecule has 6 nitrogen and oxygen atoms in total. The van der Waals surface area contributed by atoms with E-state index in [4.69, 9.17) is 26.9 Å². The molecule has 194 valence electrons. The first-order valence-electron chi connectivity index (χ1n) is 12.1. The molecular weight excluding hydrogens is 462 g/mol. The van der Waals surface area contributed by atoms with E-state index >= 15 is 0 Å². The van der Waals surface area contributed by atoms with Crippen molar-refractivity contribution in [2.75, 3.05) is 25.9 Å². The predicted molar refractivity (Wildman–Crippen MR) is 147 cm³/mol. The van der Waals surface area contributed by atoms with Crippen LogP contribution in [0.3, 0.4) is 0 Å². The number of unbranched alkanes of at least 4 members (excludes halogenated alkanes) is 1.